The van der Waals surface area contributed by atoms with Crippen molar-refractivity contribution in [2.75, 3.05) is 24.5 Å². The predicted octanol–water partition coefficient (Wildman–Crippen LogP) is 1.95. The van der Waals surface area contributed by atoms with Crippen LogP contribution < -0.4 is 10.2 Å². The van der Waals surface area contributed by atoms with Gasteiger partial charge in [-0.3, -0.25) is 14.4 Å². The second-order valence-corrected chi connectivity index (χ2v) is 7.98. The third-order valence-electron chi connectivity index (χ3n) is 6.17. The Morgan fingerprint density at radius 1 is 0.963 bits per heavy atom. The Bertz CT molecular complexity index is 709. The molecule has 6 nitrogen and oxygen atoms in total. The molecule has 1 N–H and O–H groups in total. The lowest BCUT2D eigenvalue weighted by Crippen LogP contribution is -2.49. The van der Waals surface area contributed by atoms with E-state index in [9.17, 15) is 14.4 Å². The van der Waals surface area contributed by atoms with E-state index >= 15 is 0 Å². The summed E-state index contributed by atoms with van der Waals surface area (Å²) in [4.78, 5) is 40.9. The van der Waals surface area contributed by atoms with Crippen molar-refractivity contribution in [3.05, 3.63) is 30.3 Å². The predicted molar refractivity (Wildman–Crippen MR) is 102 cm³/mol. The number of nitrogens with one attached hydrogen (secondary N) is 1. The molecule has 1 atom stereocenters. The van der Waals surface area contributed by atoms with Crippen molar-refractivity contribution in [2.24, 2.45) is 11.8 Å². The van der Waals surface area contributed by atoms with Gasteiger partial charge < -0.3 is 15.1 Å². The highest BCUT2D eigenvalue weighted by atomic mass is 16.2. The molecule has 1 aliphatic carbocycles. The number of carbonyl (C=O) groups excluding carboxylic acids is 3. The van der Waals surface area contributed by atoms with Crippen LogP contribution in [0.4, 0.5) is 5.69 Å². The van der Waals surface area contributed by atoms with Crippen molar-refractivity contribution in [3.63, 3.8) is 0 Å². The fraction of sp³-hybridized carbons (Fsp3) is 0.571. The Balaban J connectivity index is 1.26. The van der Waals surface area contributed by atoms with Gasteiger partial charge in [-0.2, -0.15) is 0 Å². The minimum Gasteiger partial charge on any atom is -0.353 e. The minimum atomic E-state index is -0.299. The maximum absolute atomic E-state index is 12.6. The number of hydrogen-bond acceptors (Lipinski definition) is 3. The zero-order valence-electron chi connectivity index (χ0n) is 15.6. The van der Waals surface area contributed by atoms with Gasteiger partial charge in [-0.05, 0) is 37.8 Å². The SMILES string of the molecule is O=C(NC1CCN(C(=O)C2CCC2)CC1)C1CC(=O)N(c2ccccc2)C1. The smallest absolute Gasteiger partial charge is 0.227 e. The highest BCUT2D eigenvalue weighted by Crippen LogP contribution is 2.29. The fourth-order valence-corrected chi connectivity index (χ4v) is 4.22. The molecule has 1 aromatic carbocycles. The number of hydrogen-bond donors (Lipinski definition) is 1. The lowest BCUT2D eigenvalue weighted by Gasteiger charge is -2.37. The van der Waals surface area contributed by atoms with Crippen LogP contribution in [0.1, 0.15) is 38.5 Å². The van der Waals surface area contributed by atoms with Gasteiger partial charge in [0.1, 0.15) is 0 Å². The summed E-state index contributed by atoms with van der Waals surface area (Å²) >= 11 is 0. The lowest BCUT2D eigenvalue weighted by atomic mass is 9.84. The number of piperidine rings is 1. The third-order valence-corrected chi connectivity index (χ3v) is 6.17. The van der Waals surface area contributed by atoms with Crippen LogP contribution in [0.2, 0.25) is 0 Å². The van der Waals surface area contributed by atoms with Crippen molar-refractivity contribution in [1.29, 1.82) is 0 Å². The number of anilines is 1. The van der Waals surface area contributed by atoms with E-state index in [1.165, 1.54) is 6.42 Å². The van der Waals surface area contributed by atoms with Crippen LogP contribution in [0.5, 0.6) is 0 Å². The molecule has 4 rings (SSSR count). The molecule has 1 saturated carbocycles. The van der Waals surface area contributed by atoms with Crippen molar-refractivity contribution in [1.82, 2.24) is 10.2 Å². The maximum atomic E-state index is 12.6. The molecule has 3 amide bonds. The van der Waals surface area contributed by atoms with Crippen molar-refractivity contribution in [2.45, 2.75) is 44.6 Å². The van der Waals surface area contributed by atoms with Crippen LogP contribution in [0.15, 0.2) is 30.3 Å². The summed E-state index contributed by atoms with van der Waals surface area (Å²) in [5, 5.41) is 3.11. The Hall–Kier alpha value is -2.37. The summed E-state index contributed by atoms with van der Waals surface area (Å²) in [6, 6.07) is 9.60. The van der Waals surface area contributed by atoms with Gasteiger partial charge in [0.2, 0.25) is 17.7 Å². The second-order valence-electron chi connectivity index (χ2n) is 7.98. The zero-order valence-corrected chi connectivity index (χ0v) is 15.6. The molecule has 3 aliphatic rings. The number of para-hydroxylation sites is 1. The molecule has 27 heavy (non-hydrogen) atoms. The quantitative estimate of drug-likeness (QED) is 0.882. The summed E-state index contributed by atoms with van der Waals surface area (Å²) in [6.45, 7) is 1.88. The largest absolute Gasteiger partial charge is 0.353 e. The number of amides is 3. The molecular weight excluding hydrogens is 342 g/mol. The van der Waals surface area contributed by atoms with Crippen LogP contribution in [0, 0.1) is 11.8 Å². The Labute approximate surface area is 159 Å². The molecule has 2 aliphatic heterocycles. The highest BCUT2D eigenvalue weighted by Gasteiger charge is 2.37. The number of rotatable bonds is 4. The first-order chi connectivity index (χ1) is 13.1. The molecule has 0 bridgehead atoms. The molecule has 0 radical (unpaired) electrons. The maximum Gasteiger partial charge on any atom is 0.227 e. The van der Waals surface area contributed by atoms with Crippen LogP contribution in [0.3, 0.4) is 0 Å². The fourth-order valence-electron chi connectivity index (χ4n) is 4.22. The summed E-state index contributed by atoms with van der Waals surface area (Å²) in [6.07, 6.45) is 5.09. The first-order valence-electron chi connectivity index (χ1n) is 10.1. The summed E-state index contributed by atoms with van der Waals surface area (Å²) in [7, 11) is 0. The van der Waals surface area contributed by atoms with E-state index < -0.39 is 0 Å². The van der Waals surface area contributed by atoms with E-state index in [0.717, 1.165) is 44.5 Å². The molecule has 0 aromatic heterocycles. The zero-order chi connectivity index (χ0) is 18.8. The lowest BCUT2D eigenvalue weighted by molar-refractivity contribution is -0.139. The monoisotopic (exact) mass is 369 g/mol. The van der Waals surface area contributed by atoms with Crippen molar-refractivity contribution < 1.29 is 14.4 Å². The Kier molecular flexibility index (Phi) is 5.14. The van der Waals surface area contributed by atoms with E-state index in [-0.39, 0.29) is 36.1 Å². The summed E-state index contributed by atoms with van der Waals surface area (Å²) in [5.74, 6) is 0.204. The molecule has 2 heterocycles. The standard InChI is InChI=1S/C21H27N3O3/c25-19-13-16(14-24(19)18-7-2-1-3-8-18)20(26)22-17-9-11-23(12-10-17)21(27)15-5-4-6-15/h1-3,7-8,15-17H,4-6,9-14H2,(H,22,26). The topological polar surface area (TPSA) is 69.7 Å². The molecule has 0 spiro atoms. The van der Waals surface area contributed by atoms with Crippen LogP contribution in [-0.4, -0.2) is 48.3 Å². The van der Waals surface area contributed by atoms with Crippen LogP contribution >= 0.6 is 0 Å². The van der Waals surface area contributed by atoms with E-state index in [1.54, 1.807) is 4.90 Å². The summed E-state index contributed by atoms with van der Waals surface area (Å²) in [5.41, 5.74) is 0.848. The molecule has 1 unspecified atom stereocenters. The third kappa shape index (κ3) is 3.84. The van der Waals surface area contributed by atoms with Gasteiger partial charge in [-0.25, -0.2) is 0 Å². The average Bonchev–Trinajstić information content (AvgIpc) is 3.03. The van der Waals surface area contributed by atoms with Crippen LogP contribution in [0.25, 0.3) is 0 Å². The van der Waals surface area contributed by atoms with Crippen molar-refractivity contribution in [3.8, 4) is 0 Å². The molecule has 2 saturated heterocycles. The highest BCUT2D eigenvalue weighted by molar-refractivity contribution is 6.00. The van der Waals surface area contributed by atoms with Gasteiger partial charge in [-0.1, -0.05) is 24.6 Å². The minimum absolute atomic E-state index is 0.00210. The second kappa shape index (κ2) is 7.71. The first-order valence-corrected chi connectivity index (χ1v) is 10.1. The number of carbonyl (C=O) groups is 3. The van der Waals surface area contributed by atoms with Gasteiger partial charge in [0.15, 0.2) is 0 Å². The molecule has 3 fully saturated rings. The molecule has 144 valence electrons. The first kappa shape index (κ1) is 18.0. The summed E-state index contributed by atoms with van der Waals surface area (Å²) < 4.78 is 0. The molecule has 6 heteroatoms. The van der Waals surface area contributed by atoms with E-state index in [2.05, 4.69) is 5.32 Å². The van der Waals surface area contributed by atoms with Gasteiger partial charge in [0.05, 0.1) is 5.92 Å². The average molecular weight is 369 g/mol. The Morgan fingerprint density at radius 2 is 1.67 bits per heavy atom. The van der Waals surface area contributed by atoms with E-state index in [1.807, 2.05) is 35.2 Å². The Morgan fingerprint density at radius 3 is 2.30 bits per heavy atom. The van der Waals surface area contributed by atoms with Gasteiger partial charge in [0.25, 0.3) is 0 Å². The van der Waals surface area contributed by atoms with Crippen molar-refractivity contribution >= 4 is 23.4 Å². The van der Waals surface area contributed by atoms with Gasteiger partial charge in [-0.15, -0.1) is 0 Å². The van der Waals surface area contributed by atoms with E-state index in [4.69, 9.17) is 0 Å². The van der Waals surface area contributed by atoms with Crippen LogP contribution in [-0.2, 0) is 14.4 Å². The van der Waals surface area contributed by atoms with Gasteiger partial charge in [0, 0.05) is 43.7 Å². The molecular formula is C21H27N3O3. The number of benzene rings is 1. The van der Waals surface area contributed by atoms with Gasteiger partial charge >= 0.3 is 0 Å². The normalized spacial score (nSPS) is 24.0. The number of nitrogens with zero attached hydrogens (tertiary/aromatic N) is 2. The molecule has 1 aromatic rings. The van der Waals surface area contributed by atoms with E-state index in [0.29, 0.717) is 12.5 Å². The number of likely N-dealkylation sites (tertiary alicyclic amines) is 1.